The van der Waals surface area contributed by atoms with Crippen molar-refractivity contribution < 1.29 is 44.0 Å². The zero-order valence-electron chi connectivity index (χ0n) is 45.4. The Hall–Kier alpha value is -6.75. The van der Waals surface area contributed by atoms with Crippen molar-refractivity contribution in [2.45, 2.75) is 75.0 Å². The standard InChI is InChI=1S/C31H31ClN4O4.C16H12N2O3.C15H21ClN2O2.HI/c1-35-27-11-7-21(15-23(27)17-33-35)19-3-5-20(6-4-19)30(38)31(39)34-26(18-36-13-2-14-36)29(37)22-8-12-28(25(32)16-22)40-24-9-10-24;1-18-14-7-6-12(8-13(14)9-17-18)10-2-4-11(5-3-10)15(19)16(20)21;16-12-8-10(2-5-14(12)20-11-3-4-11)15(19)13(17)9-18-6-1-7-18;/h3-8,11-12,15-17,24,26,29,37H,2,9-10,13-14,18H2,1H3,(H,34,39);2-9H,1H3,(H,20,21);2,5,8,11,13,15,19H,1,3-4,6-7,9,17H2;1H/t26-,29-;;13-,15-;/m1.1./s1. The van der Waals surface area contributed by atoms with E-state index in [-0.39, 0.29) is 47.2 Å². The maximum atomic E-state index is 13.1. The van der Waals surface area contributed by atoms with E-state index in [1.54, 1.807) is 59.4 Å². The number of Topliss-reactive ketones (excluding diaryl/α,β-unsaturated/α-hetero) is 2. The number of aromatic nitrogens is 4. The van der Waals surface area contributed by atoms with Gasteiger partial charge in [0.25, 0.3) is 11.7 Å². The molecule has 4 aliphatic rings. The summed E-state index contributed by atoms with van der Waals surface area (Å²) in [6.45, 7) is 5.07. The van der Waals surface area contributed by atoms with Crippen LogP contribution in [0.2, 0.25) is 10.0 Å². The second kappa shape index (κ2) is 26.7. The number of carbonyl (C=O) groups excluding carboxylic acids is 3. The number of hydrogen-bond acceptors (Lipinski definition) is 13. The maximum Gasteiger partial charge on any atom is 0.377 e. The predicted molar refractivity (Wildman–Crippen MR) is 326 cm³/mol. The summed E-state index contributed by atoms with van der Waals surface area (Å²) in [7, 11) is 3.78. The highest BCUT2D eigenvalue weighted by atomic mass is 127. The Morgan fingerprint density at radius 2 is 1.02 bits per heavy atom. The van der Waals surface area contributed by atoms with Gasteiger partial charge in [-0.2, -0.15) is 10.2 Å². The van der Waals surface area contributed by atoms with Crippen molar-refractivity contribution in [2.75, 3.05) is 39.3 Å². The van der Waals surface area contributed by atoms with Gasteiger partial charge in [0.1, 0.15) is 17.6 Å². The first-order chi connectivity index (χ1) is 39.0. The number of carboxylic acid groups (broad SMARTS) is 1. The molecule has 6 aromatic carbocycles. The number of aryl methyl sites for hydroxylation is 2. The minimum absolute atomic E-state index is 0. The minimum atomic E-state index is -1.44. The summed E-state index contributed by atoms with van der Waals surface area (Å²) in [5, 5.41) is 44.5. The van der Waals surface area contributed by atoms with E-state index in [0.717, 1.165) is 114 Å². The lowest BCUT2D eigenvalue weighted by Gasteiger charge is -2.36. The van der Waals surface area contributed by atoms with E-state index >= 15 is 0 Å². The van der Waals surface area contributed by atoms with Crippen LogP contribution in [-0.4, -0.2) is 132 Å². The van der Waals surface area contributed by atoms with Gasteiger partial charge in [0.05, 0.1) is 57.8 Å². The molecule has 0 radical (unpaired) electrons. The average molecular weight is 1260 g/mol. The molecule has 17 nitrogen and oxygen atoms in total. The van der Waals surface area contributed by atoms with E-state index in [2.05, 4.69) is 25.3 Å². The molecule has 2 aliphatic carbocycles. The third-order valence-electron chi connectivity index (χ3n) is 15.0. The first-order valence-corrected chi connectivity index (χ1v) is 28.0. The van der Waals surface area contributed by atoms with E-state index in [0.29, 0.717) is 39.8 Å². The number of benzene rings is 6. The number of nitrogens with two attached hydrogens (primary N) is 1. The molecule has 4 fully saturated rings. The monoisotopic (exact) mass is 1260 g/mol. The largest absolute Gasteiger partial charge is 0.489 e. The van der Waals surface area contributed by atoms with Crippen molar-refractivity contribution in [1.82, 2.24) is 34.7 Å². The Balaban J connectivity index is 0.000000162. The van der Waals surface area contributed by atoms with Crippen LogP contribution in [-0.2, 0) is 23.7 Å². The van der Waals surface area contributed by atoms with Gasteiger partial charge >= 0.3 is 5.97 Å². The van der Waals surface area contributed by atoms with Gasteiger partial charge in [-0.3, -0.25) is 23.7 Å². The highest BCUT2D eigenvalue weighted by molar-refractivity contribution is 14.0. The van der Waals surface area contributed by atoms with Crippen LogP contribution in [0.5, 0.6) is 11.5 Å². The van der Waals surface area contributed by atoms with Crippen LogP contribution in [0.1, 0.15) is 82.6 Å². The van der Waals surface area contributed by atoms with Crippen LogP contribution in [0, 0.1) is 0 Å². The lowest BCUT2D eigenvalue weighted by Crippen LogP contribution is -2.52. The highest BCUT2D eigenvalue weighted by Crippen LogP contribution is 2.36. The SMILES string of the molecule is Cn1ncc2cc(-c3ccc(C(=O)C(=O)N[C@H](CN4CCC4)[C@H](O)c4ccc(OC5CC5)c(Cl)c4)cc3)ccc21.Cn1ncc2cc(-c3ccc(C(=O)C(=O)O)cc3)ccc21.I.N[C@H](CN1CCC1)[C@H](O)c1ccc(OC2CC2)c(Cl)c1. The lowest BCUT2D eigenvalue weighted by molar-refractivity contribution is -0.131. The van der Waals surface area contributed by atoms with Gasteiger partial charge in [-0.15, -0.1) is 24.0 Å². The molecule has 2 saturated heterocycles. The molecule has 1 amide bonds. The van der Waals surface area contributed by atoms with Gasteiger partial charge in [0, 0.05) is 55.1 Å². The third-order valence-corrected chi connectivity index (χ3v) is 15.6. The molecule has 2 aliphatic heterocycles. The molecule has 82 heavy (non-hydrogen) atoms. The van der Waals surface area contributed by atoms with Crippen LogP contribution in [0.15, 0.2) is 134 Å². The number of nitrogens with one attached hydrogen (secondary N) is 1. The average Bonchev–Trinajstić information content (AvgIpc) is 4.51. The zero-order chi connectivity index (χ0) is 56.9. The number of rotatable bonds is 19. The van der Waals surface area contributed by atoms with Crippen LogP contribution in [0.3, 0.4) is 0 Å². The van der Waals surface area contributed by atoms with Gasteiger partial charge in [0.2, 0.25) is 5.78 Å². The number of carbonyl (C=O) groups is 4. The summed E-state index contributed by atoms with van der Waals surface area (Å²) in [6, 6.07) is 35.2. The van der Waals surface area contributed by atoms with E-state index in [1.165, 1.54) is 18.6 Å². The molecule has 0 bridgehead atoms. The molecule has 2 aromatic heterocycles. The molecule has 6 N–H and O–H groups in total. The van der Waals surface area contributed by atoms with Crippen LogP contribution < -0.4 is 20.5 Å². The van der Waals surface area contributed by atoms with Gasteiger partial charge in [-0.25, -0.2) is 4.79 Å². The first-order valence-electron chi connectivity index (χ1n) is 27.2. The van der Waals surface area contributed by atoms with Crippen molar-refractivity contribution in [3.8, 4) is 33.8 Å². The fraction of sp³-hybridized carbons (Fsp3) is 0.323. The first kappa shape index (κ1) is 59.9. The van der Waals surface area contributed by atoms with E-state index in [1.807, 2.05) is 85.6 Å². The Kier molecular flexibility index (Phi) is 19.5. The Morgan fingerprint density at radius 3 is 1.44 bits per heavy atom. The summed E-state index contributed by atoms with van der Waals surface area (Å²) in [5.74, 6) is -2.47. The number of ether oxygens (including phenoxy) is 2. The molecule has 2 saturated carbocycles. The number of carboxylic acids is 1. The molecule has 20 heteroatoms. The number of hydrogen-bond donors (Lipinski definition) is 5. The smallest absolute Gasteiger partial charge is 0.377 e. The lowest BCUT2D eigenvalue weighted by atomic mass is 9.99. The molecule has 0 unspecified atom stereocenters. The topological polar surface area (TPSA) is 228 Å². The van der Waals surface area contributed by atoms with Crippen LogP contribution >= 0.6 is 47.2 Å². The molecule has 8 aromatic rings. The highest BCUT2D eigenvalue weighted by Gasteiger charge is 2.32. The summed E-state index contributed by atoms with van der Waals surface area (Å²) in [6.07, 6.45) is 8.91. The normalized spacial score (nSPS) is 16.3. The molecule has 4 atom stereocenters. The van der Waals surface area contributed by atoms with Gasteiger partial charge in [-0.1, -0.05) is 96.0 Å². The molecule has 0 spiro atoms. The maximum absolute atomic E-state index is 13.1. The Bertz CT molecular complexity index is 3580. The number of amides is 1. The van der Waals surface area contributed by atoms with Crippen LogP contribution in [0.4, 0.5) is 0 Å². The number of aliphatic hydroxyl groups excluding tert-OH is 2. The Labute approximate surface area is 501 Å². The van der Waals surface area contributed by atoms with E-state index < -0.39 is 41.7 Å². The number of fused-ring (bicyclic) bond motifs is 2. The number of aliphatic hydroxyl groups is 2. The van der Waals surface area contributed by atoms with Crippen LogP contribution in [0.25, 0.3) is 44.1 Å². The van der Waals surface area contributed by atoms with Gasteiger partial charge in [-0.05, 0) is 147 Å². The quantitative estimate of drug-likeness (QED) is 0.0289. The number of halogens is 3. The molecular formula is C62H65Cl2IN8O9. The number of likely N-dealkylation sites (tertiary alicyclic amines) is 2. The van der Waals surface area contributed by atoms with E-state index in [9.17, 15) is 29.4 Å². The fourth-order valence-corrected chi connectivity index (χ4v) is 10.1. The summed E-state index contributed by atoms with van der Waals surface area (Å²) < 4.78 is 15.1. The van der Waals surface area contributed by atoms with Crippen molar-refractivity contribution in [3.05, 3.63) is 166 Å². The molecule has 428 valence electrons. The van der Waals surface area contributed by atoms with E-state index in [4.69, 9.17) is 43.5 Å². The van der Waals surface area contributed by atoms with Crippen molar-refractivity contribution in [1.29, 1.82) is 0 Å². The number of ketones is 2. The predicted octanol–water partition coefficient (Wildman–Crippen LogP) is 9.61. The molecular weight excluding hydrogens is 1200 g/mol. The van der Waals surface area contributed by atoms with Gasteiger partial charge < -0.3 is 45.6 Å². The van der Waals surface area contributed by atoms with Gasteiger partial charge in [0.15, 0.2) is 0 Å². The molecule has 12 rings (SSSR count). The Morgan fingerprint density at radius 1 is 0.598 bits per heavy atom. The fourth-order valence-electron chi connectivity index (χ4n) is 9.64. The summed E-state index contributed by atoms with van der Waals surface area (Å²) >= 11 is 12.6. The number of nitrogens with zero attached hydrogens (tertiary/aromatic N) is 6. The number of aliphatic carboxylic acids is 1. The third kappa shape index (κ3) is 14.7. The second-order valence-electron chi connectivity index (χ2n) is 21.2. The zero-order valence-corrected chi connectivity index (χ0v) is 49.2. The van der Waals surface area contributed by atoms with Crippen molar-refractivity contribution in [2.24, 2.45) is 19.8 Å². The molecule has 4 heterocycles. The summed E-state index contributed by atoms with van der Waals surface area (Å²) in [4.78, 5) is 52.6. The second-order valence-corrected chi connectivity index (χ2v) is 22.0. The minimum Gasteiger partial charge on any atom is -0.489 e. The van der Waals surface area contributed by atoms with Crippen molar-refractivity contribution >= 4 is 92.4 Å². The summed E-state index contributed by atoms with van der Waals surface area (Å²) in [5.41, 5.74) is 13.7. The van der Waals surface area contributed by atoms with Crippen molar-refractivity contribution in [3.63, 3.8) is 0 Å².